The highest BCUT2D eigenvalue weighted by Crippen LogP contribution is 2.39. The Balaban J connectivity index is 1.57. The molecular formula is C33H38BrNO9. The van der Waals surface area contributed by atoms with Gasteiger partial charge < -0.3 is 28.5 Å². The first-order valence-electron chi connectivity index (χ1n) is 14.6. The molecule has 0 bridgehead atoms. The fourth-order valence-corrected chi connectivity index (χ4v) is 5.70. The Morgan fingerprint density at radius 3 is 2.32 bits per heavy atom. The van der Waals surface area contributed by atoms with Crippen LogP contribution in [0.4, 0.5) is 4.79 Å². The lowest BCUT2D eigenvalue weighted by molar-refractivity contribution is -0.155. The molecule has 2 amide bonds. The van der Waals surface area contributed by atoms with Crippen molar-refractivity contribution in [1.29, 1.82) is 0 Å². The lowest BCUT2D eigenvalue weighted by atomic mass is 9.90. The molecule has 44 heavy (non-hydrogen) atoms. The van der Waals surface area contributed by atoms with E-state index in [1.165, 1.54) is 6.92 Å². The van der Waals surface area contributed by atoms with Crippen molar-refractivity contribution in [3.63, 3.8) is 0 Å². The van der Waals surface area contributed by atoms with E-state index in [4.69, 9.17) is 28.5 Å². The first kappa shape index (κ1) is 33.4. The Bertz CT molecular complexity index is 1360. The molecule has 1 aliphatic rings. The summed E-state index contributed by atoms with van der Waals surface area (Å²) in [6.45, 7) is 4.55. The van der Waals surface area contributed by atoms with Gasteiger partial charge in [0.05, 0.1) is 42.9 Å². The van der Waals surface area contributed by atoms with Crippen LogP contribution in [0.1, 0.15) is 55.1 Å². The van der Waals surface area contributed by atoms with Crippen molar-refractivity contribution in [2.24, 2.45) is 5.92 Å². The summed E-state index contributed by atoms with van der Waals surface area (Å²) in [5, 5.41) is 8.77. The highest BCUT2D eigenvalue weighted by atomic mass is 79.9. The number of aliphatic hydroxyl groups excluding tert-OH is 1. The standard InChI is InChI=1S/C33H38BrNO9/c1-22-30(25-12-7-4-8-13-25)44-33(39)35(22)32(38)26(20-24-10-5-3-6-11-24)31(42-23(2)37)29-21-27(34)28(43-29)14-9-16-40-18-19-41-17-15-36/h3-8,10-13,21-22,26,30-31,36H,9,14-20H2,1-2H3/t22-,26-,30-,31-/m1/s1. The van der Waals surface area contributed by atoms with E-state index in [9.17, 15) is 14.4 Å². The Hall–Kier alpha value is -3.51. The molecule has 1 saturated heterocycles. The summed E-state index contributed by atoms with van der Waals surface area (Å²) in [4.78, 5) is 41.0. The highest BCUT2D eigenvalue weighted by Gasteiger charge is 2.48. The molecule has 0 radical (unpaired) electrons. The second-order valence-electron chi connectivity index (χ2n) is 10.5. The number of hydrogen-bond acceptors (Lipinski definition) is 9. The van der Waals surface area contributed by atoms with Crippen LogP contribution in [0.5, 0.6) is 0 Å². The summed E-state index contributed by atoms with van der Waals surface area (Å²) < 4.78 is 29.1. The number of carbonyl (C=O) groups excluding carboxylic acids is 3. The molecule has 236 valence electrons. The molecule has 0 aliphatic carbocycles. The number of aryl methyl sites for hydroxylation is 1. The molecule has 2 aromatic carbocycles. The van der Waals surface area contributed by atoms with E-state index in [-0.39, 0.29) is 25.4 Å². The van der Waals surface area contributed by atoms with Crippen molar-refractivity contribution in [2.45, 2.75) is 51.4 Å². The second kappa shape index (κ2) is 16.5. The normalized spacial score (nSPS) is 17.7. The van der Waals surface area contributed by atoms with E-state index in [0.29, 0.717) is 42.9 Å². The van der Waals surface area contributed by atoms with Gasteiger partial charge in [0, 0.05) is 20.0 Å². The third-order valence-corrected chi connectivity index (χ3v) is 7.94. The van der Waals surface area contributed by atoms with Gasteiger partial charge in [0.15, 0.2) is 6.10 Å². The molecule has 1 aromatic heterocycles. The molecule has 0 saturated carbocycles. The van der Waals surface area contributed by atoms with Crippen molar-refractivity contribution in [3.8, 4) is 0 Å². The quantitative estimate of drug-likeness (QED) is 0.154. The number of halogens is 1. The molecule has 1 aliphatic heterocycles. The SMILES string of the molecule is CC(=O)O[C@@H](c1cc(Br)c(CCCOCCOCCO)o1)[C@@H](Cc1ccccc1)C(=O)N1C(=O)O[C@@H](c2ccccc2)[C@H]1C. The summed E-state index contributed by atoms with van der Waals surface area (Å²) in [5.41, 5.74) is 1.61. The first-order chi connectivity index (χ1) is 21.3. The monoisotopic (exact) mass is 671 g/mol. The van der Waals surface area contributed by atoms with Crippen LogP contribution < -0.4 is 0 Å². The van der Waals surface area contributed by atoms with Crippen LogP contribution in [0, 0.1) is 5.92 Å². The number of hydrogen-bond donors (Lipinski definition) is 1. The Morgan fingerprint density at radius 2 is 1.66 bits per heavy atom. The molecule has 4 rings (SSSR count). The number of esters is 1. The zero-order valence-electron chi connectivity index (χ0n) is 24.9. The minimum atomic E-state index is -1.11. The molecule has 1 N–H and O–H groups in total. The smallest absolute Gasteiger partial charge is 0.417 e. The van der Waals surface area contributed by atoms with E-state index in [0.717, 1.165) is 16.0 Å². The predicted octanol–water partition coefficient (Wildman–Crippen LogP) is 5.57. The van der Waals surface area contributed by atoms with Crippen molar-refractivity contribution in [1.82, 2.24) is 4.90 Å². The van der Waals surface area contributed by atoms with Gasteiger partial charge in [0.2, 0.25) is 5.91 Å². The minimum Gasteiger partial charge on any atom is -0.461 e. The average Bonchev–Trinajstić information content (AvgIpc) is 3.54. The van der Waals surface area contributed by atoms with Gasteiger partial charge in [-0.2, -0.15) is 0 Å². The van der Waals surface area contributed by atoms with Crippen LogP contribution in [-0.4, -0.2) is 67.1 Å². The fraction of sp³-hybridized carbons (Fsp3) is 0.424. The first-order valence-corrected chi connectivity index (χ1v) is 15.4. The third kappa shape index (κ3) is 8.78. The third-order valence-electron chi connectivity index (χ3n) is 7.27. The maximum absolute atomic E-state index is 14.3. The zero-order valence-corrected chi connectivity index (χ0v) is 26.4. The van der Waals surface area contributed by atoms with Crippen LogP contribution in [0.15, 0.2) is 75.6 Å². The van der Waals surface area contributed by atoms with E-state index >= 15 is 0 Å². The zero-order chi connectivity index (χ0) is 31.5. The number of carbonyl (C=O) groups is 3. The van der Waals surface area contributed by atoms with E-state index in [1.54, 1.807) is 13.0 Å². The van der Waals surface area contributed by atoms with Crippen LogP contribution in [0.2, 0.25) is 0 Å². The van der Waals surface area contributed by atoms with Gasteiger partial charge in [-0.1, -0.05) is 60.7 Å². The predicted molar refractivity (Wildman–Crippen MR) is 164 cm³/mol. The number of ether oxygens (including phenoxy) is 4. The molecule has 0 unspecified atom stereocenters. The maximum atomic E-state index is 14.3. The van der Waals surface area contributed by atoms with Crippen LogP contribution in [0.3, 0.4) is 0 Å². The average molecular weight is 673 g/mol. The summed E-state index contributed by atoms with van der Waals surface area (Å²) in [5.74, 6) is -1.21. The van der Waals surface area contributed by atoms with Gasteiger partial charge in [0.1, 0.15) is 17.6 Å². The number of aliphatic hydroxyl groups is 1. The number of imide groups is 1. The lowest BCUT2D eigenvalue weighted by Crippen LogP contribution is -2.44. The van der Waals surface area contributed by atoms with Crippen molar-refractivity contribution < 1.29 is 42.9 Å². The number of nitrogens with zero attached hydrogens (tertiary/aromatic N) is 1. The molecule has 3 aromatic rings. The van der Waals surface area contributed by atoms with Gasteiger partial charge in [-0.15, -0.1) is 0 Å². The Kier molecular flexibility index (Phi) is 12.5. The maximum Gasteiger partial charge on any atom is 0.417 e. The highest BCUT2D eigenvalue weighted by molar-refractivity contribution is 9.10. The fourth-order valence-electron chi connectivity index (χ4n) is 5.19. The van der Waals surface area contributed by atoms with Crippen LogP contribution in [0.25, 0.3) is 0 Å². The van der Waals surface area contributed by atoms with E-state index in [1.807, 2.05) is 60.7 Å². The molecule has 11 heteroatoms. The van der Waals surface area contributed by atoms with Gasteiger partial charge in [-0.05, 0) is 52.9 Å². The Morgan fingerprint density at radius 1 is 1.00 bits per heavy atom. The molecule has 1 fully saturated rings. The number of furan rings is 1. The summed E-state index contributed by atoms with van der Waals surface area (Å²) in [6.07, 6.45) is -1.14. The topological polar surface area (TPSA) is 125 Å². The minimum absolute atomic E-state index is 0.0314. The largest absolute Gasteiger partial charge is 0.461 e. The number of cyclic esters (lactones) is 1. The number of benzene rings is 2. The number of rotatable bonds is 16. The molecular weight excluding hydrogens is 634 g/mol. The van der Waals surface area contributed by atoms with Crippen molar-refractivity contribution in [2.75, 3.05) is 33.0 Å². The Labute approximate surface area is 265 Å². The van der Waals surface area contributed by atoms with Gasteiger partial charge in [0.25, 0.3) is 0 Å². The lowest BCUT2D eigenvalue weighted by Gasteiger charge is -2.29. The molecule has 4 atom stereocenters. The van der Waals surface area contributed by atoms with Crippen molar-refractivity contribution >= 4 is 33.9 Å². The second-order valence-corrected chi connectivity index (χ2v) is 11.3. The molecule has 2 heterocycles. The van der Waals surface area contributed by atoms with Gasteiger partial charge in [-0.25, -0.2) is 9.69 Å². The van der Waals surface area contributed by atoms with E-state index < -0.39 is 42.1 Å². The van der Waals surface area contributed by atoms with Gasteiger partial charge in [-0.3, -0.25) is 9.59 Å². The summed E-state index contributed by atoms with van der Waals surface area (Å²) >= 11 is 3.55. The summed E-state index contributed by atoms with van der Waals surface area (Å²) in [7, 11) is 0. The molecule has 0 spiro atoms. The number of amides is 2. The molecule has 10 nitrogen and oxygen atoms in total. The van der Waals surface area contributed by atoms with E-state index in [2.05, 4.69) is 15.9 Å². The summed E-state index contributed by atoms with van der Waals surface area (Å²) in [6, 6.07) is 19.7. The van der Waals surface area contributed by atoms with Crippen LogP contribution >= 0.6 is 15.9 Å². The van der Waals surface area contributed by atoms with Crippen molar-refractivity contribution in [3.05, 3.63) is 93.9 Å². The van der Waals surface area contributed by atoms with Crippen LogP contribution in [-0.2, 0) is 41.4 Å². The van der Waals surface area contributed by atoms with Gasteiger partial charge >= 0.3 is 12.1 Å².